The number of nitrogens with one attached hydrogen (secondary N) is 8. The van der Waals surface area contributed by atoms with Gasteiger partial charge in [-0.15, -0.1) is 0 Å². The molecule has 0 saturated carbocycles. The van der Waals surface area contributed by atoms with Crippen LogP contribution in [0.2, 0.25) is 0 Å². The molecule has 52 heavy (non-hydrogen) atoms. The Morgan fingerprint density at radius 3 is 1.83 bits per heavy atom. The first-order chi connectivity index (χ1) is 24.5. The topological polar surface area (TPSA) is 219 Å². The number of carbonyl (C=O) groups excluding carboxylic acids is 7. The minimum absolute atomic E-state index is 0.00243. The third-order valence-corrected chi connectivity index (χ3v) is 8.97. The summed E-state index contributed by atoms with van der Waals surface area (Å²) in [4.78, 5) is 96.7. The Bertz CT molecular complexity index is 1600. The lowest BCUT2D eigenvalue weighted by Crippen LogP contribution is -2.61. The number of aromatic nitrogens is 1. The molecule has 1 saturated heterocycles. The van der Waals surface area contributed by atoms with Gasteiger partial charge in [-0.1, -0.05) is 59.7 Å². The largest absolute Gasteiger partial charge is 0.361 e. The number of carbonyl (C=O) groups is 7. The highest BCUT2D eigenvalue weighted by molar-refractivity contribution is 5.97. The predicted molar refractivity (Wildman–Crippen MR) is 196 cm³/mol. The highest BCUT2D eigenvalue weighted by Gasteiger charge is 2.34. The Labute approximate surface area is 305 Å². The number of H-pyrrole nitrogens is 1. The minimum atomic E-state index is -1.09. The van der Waals surface area contributed by atoms with E-state index in [1.54, 1.807) is 33.9 Å². The molecule has 0 bridgehead atoms. The maximum absolute atomic E-state index is 13.7. The fraction of sp³-hybridized carbons (Fsp3) is 0.595. The summed E-state index contributed by atoms with van der Waals surface area (Å²) in [6.07, 6.45) is 2.40. The van der Waals surface area contributed by atoms with Gasteiger partial charge in [0.05, 0.1) is 0 Å². The number of hydrogen-bond donors (Lipinski definition) is 8. The standard InChI is InChI=1S/C37H56N8O7/c1-19(2)16-27-35(50)45-30(20(3)4)36(51)41-23(8)32(47)42-28(17-24-18-39-26-13-10-9-12-25(24)26)34(49)38-15-11-14-29(46)40-22(7)33(48)44-31(21(5)6)37(52)43-27/h9-10,12-13,18-23,27-28,30-31,39H,11,14-17H2,1-8H3,(H,38,49)(H,40,46)(H,41,51)(H,42,47)(H,43,52)(H,44,48)(H,45,50)/t22-,23-,27?,28-,30-,31-/m1/s1. The van der Waals surface area contributed by atoms with Crippen LogP contribution >= 0.6 is 0 Å². The summed E-state index contributed by atoms with van der Waals surface area (Å²) in [6.45, 7) is 13.8. The zero-order chi connectivity index (χ0) is 38.7. The van der Waals surface area contributed by atoms with Crippen LogP contribution in [0.4, 0.5) is 0 Å². The third kappa shape index (κ3) is 11.8. The highest BCUT2D eigenvalue weighted by Crippen LogP contribution is 2.19. The summed E-state index contributed by atoms with van der Waals surface area (Å²) >= 11 is 0. The molecule has 1 fully saturated rings. The number of amides is 7. The summed E-state index contributed by atoms with van der Waals surface area (Å²) in [5.41, 5.74) is 1.66. The summed E-state index contributed by atoms with van der Waals surface area (Å²) in [5.74, 6) is -4.70. The molecule has 2 aromatic rings. The second-order valence-electron chi connectivity index (χ2n) is 14.7. The molecule has 15 heteroatoms. The lowest BCUT2D eigenvalue weighted by molar-refractivity contribution is -0.136. The number of para-hydroxylation sites is 1. The zero-order valence-electron chi connectivity index (χ0n) is 31.5. The van der Waals surface area contributed by atoms with Crippen LogP contribution in [0.3, 0.4) is 0 Å². The van der Waals surface area contributed by atoms with Crippen LogP contribution in [0.25, 0.3) is 10.9 Å². The monoisotopic (exact) mass is 724 g/mol. The van der Waals surface area contributed by atoms with Crippen molar-refractivity contribution in [1.82, 2.24) is 42.2 Å². The van der Waals surface area contributed by atoms with Crippen molar-refractivity contribution in [3.8, 4) is 0 Å². The van der Waals surface area contributed by atoms with E-state index in [0.717, 1.165) is 16.5 Å². The number of fused-ring (bicyclic) bond motifs is 1. The Hall–Kier alpha value is -4.95. The Balaban J connectivity index is 1.92. The molecule has 7 amide bonds. The lowest BCUT2D eigenvalue weighted by atomic mass is 9.98. The van der Waals surface area contributed by atoms with Crippen molar-refractivity contribution in [2.45, 2.75) is 117 Å². The molecule has 3 rings (SSSR count). The van der Waals surface area contributed by atoms with E-state index in [2.05, 4.69) is 42.2 Å². The van der Waals surface area contributed by atoms with Crippen LogP contribution in [0.1, 0.15) is 80.2 Å². The minimum Gasteiger partial charge on any atom is -0.361 e. The summed E-state index contributed by atoms with van der Waals surface area (Å²) in [6, 6.07) is 1.34. The van der Waals surface area contributed by atoms with Crippen molar-refractivity contribution in [1.29, 1.82) is 0 Å². The number of rotatable bonds is 6. The number of benzene rings is 1. The van der Waals surface area contributed by atoms with E-state index in [4.69, 9.17) is 0 Å². The molecule has 0 aliphatic carbocycles. The molecule has 6 atom stereocenters. The Kier molecular flexibility index (Phi) is 15.2. The quantitative estimate of drug-likeness (QED) is 0.215. The highest BCUT2D eigenvalue weighted by atomic mass is 16.2. The van der Waals surface area contributed by atoms with E-state index in [9.17, 15) is 33.6 Å². The van der Waals surface area contributed by atoms with Gasteiger partial charge in [-0.3, -0.25) is 33.6 Å². The number of aromatic amines is 1. The molecule has 1 aliphatic heterocycles. The van der Waals surface area contributed by atoms with Crippen LogP contribution < -0.4 is 37.2 Å². The molecule has 0 radical (unpaired) electrons. The van der Waals surface area contributed by atoms with Gasteiger partial charge in [-0.2, -0.15) is 0 Å². The Morgan fingerprint density at radius 1 is 0.635 bits per heavy atom. The summed E-state index contributed by atoms with van der Waals surface area (Å²) in [5, 5.41) is 19.9. The van der Waals surface area contributed by atoms with Crippen LogP contribution in [-0.4, -0.2) is 89.1 Å². The maximum Gasteiger partial charge on any atom is 0.243 e. The molecule has 0 spiro atoms. The van der Waals surface area contributed by atoms with Crippen molar-refractivity contribution in [2.24, 2.45) is 17.8 Å². The van der Waals surface area contributed by atoms with Crippen molar-refractivity contribution in [2.75, 3.05) is 6.54 Å². The average molecular weight is 725 g/mol. The zero-order valence-corrected chi connectivity index (χ0v) is 31.5. The van der Waals surface area contributed by atoms with Gasteiger partial charge < -0.3 is 42.2 Å². The van der Waals surface area contributed by atoms with Gasteiger partial charge in [0.25, 0.3) is 0 Å². The predicted octanol–water partition coefficient (Wildman–Crippen LogP) is 0.927. The van der Waals surface area contributed by atoms with Crippen molar-refractivity contribution >= 4 is 52.3 Å². The SMILES string of the molecule is CC(C)CC1NC(=O)[C@@H](C(C)C)NC(=O)[C@@H](C)NC(=O)CCCNC(=O)[C@@H](Cc2c[nH]c3ccccc23)NC(=O)[C@@H](C)NC(=O)[C@@H](C(C)C)NC1=O. The normalized spacial score (nSPS) is 25.6. The van der Waals surface area contributed by atoms with E-state index in [0.29, 0.717) is 0 Å². The lowest BCUT2D eigenvalue weighted by Gasteiger charge is -2.29. The molecule has 1 aromatic heterocycles. The van der Waals surface area contributed by atoms with Gasteiger partial charge >= 0.3 is 0 Å². The summed E-state index contributed by atoms with van der Waals surface area (Å²) < 4.78 is 0. The van der Waals surface area contributed by atoms with Gasteiger partial charge in [-0.05, 0) is 56.1 Å². The van der Waals surface area contributed by atoms with Crippen molar-refractivity contribution in [3.63, 3.8) is 0 Å². The van der Waals surface area contributed by atoms with Crippen LogP contribution in [0, 0.1) is 17.8 Å². The molecule has 15 nitrogen and oxygen atoms in total. The molecule has 1 aliphatic rings. The van der Waals surface area contributed by atoms with Gasteiger partial charge in [0.2, 0.25) is 41.4 Å². The van der Waals surface area contributed by atoms with Crippen LogP contribution in [-0.2, 0) is 40.0 Å². The second kappa shape index (κ2) is 19.0. The van der Waals surface area contributed by atoms with Gasteiger partial charge in [0.1, 0.15) is 36.3 Å². The first-order valence-corrected chi connectivity index (χ1v) is 18.1. The molecule has 286 valence electrons. The fourth-order valence-corrected chi connectivity index (χ4v) is 5.92. The van der Waals surface area contributed by atoms with E-state index in [-0.39, 0.29) is 44.1 Å². The van der Waals surface area contributed by atoms with E-state index in [1.165, 1.54) is 13.8 Å². The van der Waals surface area contributed by atoms with Crippen molar-refractivity contribution in [3.05, 3.63) is 36.0 Å². The van der Waals surface area contributed by atoms with Crippen LogP contribution in [0.15, 0.2) is 30.5 Å². The van der Waals surface area contributed by atoms with Crippen LogP contribution in [0.5, 0.6) is 0 Å². The molecule has 1 aromatic carbocycles. The number of hydrogen-bond acceptors (Lipinski definition) is 7. The van der Waals surface area contributed by atoms with Gasteiger partial charge in [0, 0.05) is 36.5 Å². The molecular weight excluding hydrogens is 668 g/mol. The smallest absolute Gasteiger partial charge is 0.243 e. The molecular formula is C37H56N8O7. The van der Waals surface area contributed by atoms with E-state index < -0.39 is 83.5 Å². The third-order valence-electron chi connectivity index (χ3n) is 8.97. The molecule has 2 heterocycles. The van der Waals surface area contributed by atoms with E-state index >= 15 is 0 Å². The van der Waals surface area contributed by atoms with Crippen molar-refractivity contribution < 1.29 is 33.6 Å². The average Bonchev–Trinajstić information content (AvgIpc) is 3.48. The van der Waals surface area contributed by atoms with Gasteiger partial charge in [0.15, 0.2) is 0 Å². The summed E-state index contributed by atoms with van der Waals surface area (Å²) in [7, 11) is 0. The van der Waals surface area contributed by atoms with E-state index in [1.807, 2.05) is 38.1 Å². The Morgan fingerprint density at radius 2 is 1.19 bits per heavy atom. The first kappa shape index (κ1) is 41.5. The van der Waals surface area contributed by atoms with Gasteiger partial charge in [-0.25, -0.2) is 0 Å². The fourth-order valence-electron chi connectivity index (χ4n) is 5.92. The first-order valence-electron chi connectivity index (χ1n) is 18.1. The molecule has 1 unspecified atom stereocenters. The maximum atomic E-state index is 13.7. The second-order valence-corrected chi connectivity index (χ2v) is 14.7. The molecule has 8 N–H and O–H groups in total.